The Morgan fingerprint density at radius 1 is 0.625 bits per heavy atom. The van der Waals surface area contributed by atoms with E-state index in [4.69, 9.17) is 50.6 Å². The van der Waals surface area contributed by atoms with Crippen LogP contribution in [0.4, 0.5) is 28.7 Å². The number of nitriles is 1. The molecule has 0 bridgehead atoms. The summed E-state index contributed by atoms with van der Waals surface area (Å²) in [5.74, 6) is 6.04. The van der Waals surface area contributed by atoms with Crippen molar-refractivity contribution in [2.75, 3.05) is 28.7 Å². The predicted octanol–water partition coefficient (Wildman–Crippen LogP) is 13.7. The third kappa shape index (κ3) is 52.0. The highest BCUT2D eigenvalue weighted by molar-refractivity contribution is 7.71. The van der Waals surface area contributed by atoms with E-state index >= 15 is 0 Å². The Balaban J connectivity index is -0.000000296. The summed E-state index contributed by atoms with van der Waals surface area (Å²) in [5, 5.41) is 54.0. The number of aromatic nitrogens is 17. The van der Waals surface area contributed by atoms with Crippen LogP contribution in [-0.2, 0) is 52.0 Å². The van der Waals surface area contributed by atoms with Crippen molar-refractivity contribution < 1.29 is 4.42 Å². The van der Waals surface area contributed by atoms with Gasteiger partial charge < -0.3 is 33.1 Å². The zero-order valence-electron chi connectivity index (χ0n) is 55.8. The van der Waals surface area contributed by atoms with Crippen molar-refractivity contribution in [3.8, 4) is 6.07 Å². The molecule has 7 aromatic heterocycles. The fraction of sp³-hybridized carbons (Fsp3) is 0.689. The minimum Gasteiger partial charge on any atom is -0.408 e. The first kappa shape index (κ1) is 89.5. The molecule has 0 aliphatic rings. The third-order valence-corrected chi connectivity index (χ3v) is 10.5. The van der Waals surface area contributed by atoms with Crippen LogP contribution in [0.5, 0.6) is 0 Å². The topological polar surface area (TPSA) is 413 Å². The number of nitrogens with two attached hydrogens (primary N) is 5. The van der Waals surface area contributed by atoms with Crippen molar-refractivity contribution in [1.29, 1.82) is 5.26 Å². The number of hydrogen-bond acceptors (Lipinski definition) is 20. The molecule has 504 valence electrons. The molecule has 0 fully saturated rings. The summed E-state index contributed by atoms with van der Waals surface area (Å²) in [6.45, 7) is 52.9. The first-order valence-electron chi connectivity index (χ1n) is 28.2. The van der Waals surface area contributed by atoms with Crippen LogP contribution < -0.4 is 34.4 Å². The first-order chi connectivity index (χ1) is 38.7. The van der Waals surface area contributed by atoms with Gasteiger partial charge in [-0.2, -0.15) is 25.5 Å². The third-order valence-electron chi connectivity index (χ3n) is 9.54. The number of anilines is 5. The lowest BCUT2D eigenvalue weighted by atomic mass is 9.91. The monoisotopic (exact) mass is 1270 g/mol. The molecule has 88 heavy (non-hydrogen) atoms. The van der Waals surface area contributed by atoms with Crippen LogP contribution >= 0.6 is 23.6 Å². The lowest BCUT2D eigenvalue weighted by Gasteiger charge is -2.15. The maximum atomic E-state index is 10.6. The SMILES string of the molecule is C.C.C.C=C.CC(C)(C)CC#N.CC(C)(C)Cc1n[nH]c(=O)[nH]1.CC(C)(C)Cc1nc(N)n[nH]1.CC(C)(C)Cc1nnc(N)o1.CC(C)(C)Cc1nnc(N)s1.CC(C)Cc1cc(N)n[nH]1.CC(C)Cc1nc(=S)[nH][nH]1.Cn1nc(CC(C)(C)C)cc1N. The smallest absolute Gasteiger partial charge is 0.340 e. The summed E-state index contributed by atoms with van der Waals surface area (Å²) in [6.07, 6.45) is 6.95. The van der Waals surface area contributed by atoms with Gasteiger partial charge in [-0.05, 0) is 69.4 Å². The average molecular weight is 1270 g/mol. The molecule has 7 aromatic rings. The number of rotatable bonds is 9. The number of H-pyrrole nitrogens is 6. The van der Waals surface area contributed by atoms with Crippen LogP contribution in [0.2, 0.25) is 0 Å². The van der Waals surface area contributed by atoms with Gasteiger partial charge in [0.15, 0.2) is 0 Å². The average Bonchev–Trinajstić information content (AvgIpc) is 4.21. The Morgan fingerprint density at radius 3 is 1.47 bits per heavy atom. The van der Waals surface area contributed by atoms with E-state index in [2.05, 4.69) is 253 Å². The van der Waals surface area contributed by atoms with E-state index < -0.39 is 0 Å². The molecule has 0 spiro atoms. The van der Waals surface area contributed by atoms with E-state index in [1.54, 1.807) is 4.68 Å². The molecular formula is C61H121N23O2S2. The molecule has 0 saturated heterocycles. The van der Waals surface area contributed by atoms with Gasteiger partial charge in [0.05, 0.1) is 11.8 Å². The van der Waals surface area contributed by atoms with Crippen molar-refractivity contribution in [1.82, 2.24) is 85.9 Å². The second kappa shape index (κ2) is 41.9. The second-order valence-electron chi connectivity index (χ2n) is 28.2. The molecular weight excluding hydrogens is 1150 g/mol. The number of aryl methyl sites for hydroxylation is 1. The van der Waals surface area contributed by atoms with Gasteiger partial charge in [-0.15, -0.1) is 33.6 Å². The summed E-state index contributed by atoms with van der Waals surface area (Å²) in [4.78, 5) is 21.3. The van der Waals surface area contributed by atoms with E-state index in [9.17, 15) is 4.79 Å². The maximum absolute atomic E-state index is 10.6. The number of nitrogen functional groups attached to an aromatic ring is 5. The van der Waals surface area contributed by atoms with Crippen molar-refractivity contribution in [3.05, 3.63) is 80.3 Å². The normalized spacial score (nSPS) is 10.9. The minimum absolute atomic E-state index is 0. The number of aromatic amines is 6. The Kier molecular flexibility index (Phi) is 42.6. The molecule has 0 aromatic carbocycles. The second-order valence-corrected chi connectivity index (χ2v) is 29.7. The van der Waals surface area contributed by atoms with Crippen LogP contribution in [0.1, 0.15) is 221 Å². The molecule has 0 amide bonds. The standard InChI is InChI=1S/C9H17N3.C7H14N4.2C7H13N3O.C7H13N3S.C7H13N3.C6H11N3S.C6H11N.C2H4.3CH4/c1-9(2,3)6-7-5-8(10)12(4)11-7;1-7(2,3)4-5-9-6(8)11-10-5;1-7(2,3)4-5-9-10-6(8)11-5;1-7(2,3)4-5-8-6(11)10-9-5;1-7(2,3)4-5-9-10-6(8)11-5;1-5(2)3-6-4-7(8)10-9-6;1-4(2)3-5-7-6(10)9-8-5;1-6(2,3)4-5-7;1-2;;;/h5H,6,10H2,1-4H3;4H2,1-3H3,(H3,8,9,10,11);4H2,1-3H3,(H2,8,10);4H2,1-3H3,(H2,8,9,10,11);4H2,1-3H3,(H2,8,10);4-5H,3H2,1-2H3,(H3,8,9,10);4H,3H2,1-2H3,(H2,7,8,9,10);4H2,1-3H3;1-2H2;3*1H4. The highest BCUT2D eigenvalue weighted by Gasteiger charge is 2.18. The van der Waals surface area contributed by atoms with Crippen LogP contribution in [0.25, 0.3) is 0 Å². The van der Waals surface area contributed by atoms with Gasteiger partial charge in [-0.1, -0.05) is 191 Å². The molecule has 0 unspecified atom stereocenters. The van der Waals surface area contributed by atoms with Crippen molar-refractivity contribution >= 4 is 52.3 Å². The summed E-state index contributed by atoms with van der Waals surface area (Å²) < 4.78 is 7.26. The largest absolute Gasteiger partial charge is 0.408 e. The minimum atomic E-state index is -0.232. The molecule has 0 atom stereocenters. The Hall–Kier alpha value is -7.21. The fourth-order valence-electron chi connectivity index (χ4n) is 6.49. The van der Waals surface area contributed by atoms with Gasteiger partial charge in [-0.3, -0.25) is 30.1 Å². The Morgan fingerprint density at radius 2 is 1.15 bits per heavy atom. The van der Waals surface area contributed by atoms with Gasteiger partial charge in [0.2, 0.25) is 21.7 Å². The van der Waals surface area contributed by atoms with Gasteiger partial charge in [0.25, 0.3) is 0 Å². The highest BCUT2D eigenvalue weighted by Crippen LogP contribution is 2.24. The maximum Gasteiger partial charge on any atom is 0.340 e. The van der Waals surface area contributed by atoms with Gasteiger partial charge >= 0.3 is 11.7 Å². The molecule has 25 nitrogen and oxygen atoms in total. The first-order valence-corrected chi connectivity index (χ1v) is 29.5. The molecule has 7 heterocycles. The summed E-state index contributed by atoms with van der Waals surface area (Å²) >= 11 is 6.26. The quantitative estimate of drug-likeness (QED) is 0.0472. The molecule has 0 aliphatic carbocycles. The van der Waals surface area contributed by atoms with Crippen molar-refractivity contribution in [2.24, 2.45) is 51.4 Å². The van der Waals surface area contributed by atoms with Crippen molar-refractivity contribution in [2.45, 2.75) is 226 Å². The lowest BCUT2D eigenvalue weighted by Crippen LogP contribution is -2.11. The van der Waals surface area contributed by atoms with E-state index in [1.165, 1.54) is 11.3 Å². The summed E-state index contributed by atoms with van der Waals surface area (Å²) in [7, 11) is 1.86. The van der Waals surface area contributed by atoms with Crippen LogP contribution in [0, 0.1) is 60.4 Å². The van der Waals surface area contributed by atoms with Crippen LogP contribution in [0.15, 0.2) is 34.5 Å². The molecule has 0 aliphatic heterocycles. The summed E-state index contributed by atoms with van der Waals surface area (Å²) in [6, 6.07) is 6.06. The predicted molar refractivity (Wildman–Crippen MR) is 371 cm³/mol. The summed E-state index contributed by atoms with van der Waals surface area (Å²) in [5.41, 5.74) is 30.4. The Bertz CT molecular complexity index is 2860. The van der Waals surface area contributed by atoms with Gasteiger partial charge in [0, 0.05) is 63.4 Å². The molecule has 16 N–H and O–H groups in total. The van der Waals surface area contributed by atoms with E-state index in [1.807, 2.05) is 19.2 Å². The number of hydrogen-bond donors (Lipinski definition) is 11. The van der Waals surface area contributed by atoms with Crippen LogP contribution in [0.3, 0.4) is 0 Å². The number of nitrogens with one attached hydrogen (secondary N) is 6. The Labute approximate surface area is 537 Å². The van der Waals surface area contributed by atoms with Crippen molar-refractivity contribution in [3.63, 3.8) is 0 Å². The lowest BCUT2D eigenvalue weighted by molar-refractivity contribution is 0.358. The van der Waals surface area contributed by atoms with E-state index in [0.29, 0.717) is 45.8 Å². The molecule has 7 rings (SSSR count). The van der Waals surface area contributed by atoms with Crippen LogP contribution in [-0.4, -0.2) is 85.9 Å². The van der Waals surface area contributed by atoms with E-state index in [-0.39, 0.29) is 66.5 Å². The van der Waals surface area contributed by atoms with E-state index in [0.717, 1.165) is 84.6 Å². The molecule has 27 heteroatoms. The molecule has 0 radical (unpaired) electrons. The highest BCUT2D eigenvalue weighted by atomic mass is 32.1. The fourth-order valence-corrected chi connectivity index (χ4v) is 7.56. The zero-order valence-corrected chi connectivity index (χ0v) is 57.4. The number of nitrogens with zero attached hydrogens (tertiary/aromatic N) is 12. The van der Waals surface area contributed by atoms with Gasteiger partial charge in [0.1, 0.15) is 34.1 Å². The zero-order chi connectivity index (χ0) is 66.3. The molecule has 0 saturated carbocycles. The van der Waals surface area contributed by atoms with Gasteiger partial charge in [-0.25, -0.2) is 14.9 Å².